The summed E-state index contributed by atoms with van der Waals surface area (Å²) in [5.41, 5.74) is 0. The van der Waals surface area contributed by atoms with Gasteiger partial charge in [-0.25, -0.2) is 0 Å². The van der Waals surface area contributed by atoms with Crippen LogP contribution in [0.2, 0.25) is 0 Å². The van der Waals surface area contributed by atoms with Crippen molar-refractivity contribution in [2.24, 2.45) is 0 Å². The predicted molar refractivity (Wildman–Crippen MR) is 39.5 cm³/mol. The first kappa shape index (κ1) is 6.93. The Morgan fingerprint density at radius 3 is 2.78 bits per heavy atom. The predicted octanol–water partition coefficient (Wildman–Crippen LogP) is 0.626. The molecule has 0 bridgehead atoms. The van der Waals surface area contributed by atoms with E-state index in [2.05, 4.69) is 5.32 Å². The summed E-state index contributed by atoms with van der Waals surface area (Å²) in [6.45, 7) is 3.96. The third-order valence-electron chi connectivity index (χ3n) is 1.35. The van der Waals surface area contributed by atoms with Crippen molar-refractivity contribution in [1.29, 1.82) is 0 Å². The minimum atomic E-state index is 0.154. The number of hydrogen-bond acceptors (Lipinski definition) is 2. The molecule has 1 rings (SSSR count). The molecule has 1 aliphatic heterocycles. The molecule has 52 valence electrons. The zero-order chi connectivity index (χ0) is 6.85. The van der Waals surface area contributed by atoms with Crippen LogP contribution in [0.1, 0.15) is 13.8 Å². The molecule has 0 aromatic rings. The Kier molecular flexibility index (Phi) is 2.01. The zero-order valence-electron chi connectivity index (χ0n) is 5.68. The van der Waals surface area contributed by atoms with Gasteiger partial charge in [0.25, 0.3) is 0 Å². The molecule has 0 aromatic heterocycles. The number of thioether (sulfide) groups is 1. The van der Waals surface area contributed by atoms with Crippen LogP contribution in [0.25, 0.3) is 0 Å². The molecular weight excluding hydrogens is 134 g/mol. The SMILES string of the molecule is C[C@@H]1CS[C@H](C)C(=O)N1. The second kappa shape index (κ2) is 2.60. The van der Waals surface area contributed by atoms with Crippen molar-refractivity contribution in [3.63, 3.8) is 0 Å². The first-order valence-electron chi connectivity index (χ1n) is 3.12. The molecule has 0 aromatic carbocycles. The standard InChI is InChI=1S/C6H11NOS/c1-4-3-9-5(2)6(8)7-4/h4-5H,3H2,1-2H3,(H,7,8)/t4-,5-/m1/s1. The van der Waals surface area contributed by atoms with E-state index in [4.69, 9.17) is 0 Å². The number of carbonyl (C=O) groups excluding carboxylic acids is 1. The van der Waals surface area contributed by atoms with Gasteiger partial charge in [0.2, 0.25) is 5.91 Å². The summed E-state index contributed by atoms with van der Waals surface area (Å²) < 4.78 is 0. The van der Waals surface area contributed by atoms with Crippen molar-refractivity contribution in [3.05, 3.63) is 0 Å². The molecule has 1 aliphatic rings. The Balaban J connectivity index is 2.44. The van der Waals surface area contributed by atoms with Crippen LogP contribution in [-0.4, -0.2) is 23.0 Å². The largest absolute Gasteiger partial charge is 0.352 e. The van der Waals surface area contributed by atoms with Gasteiger partial charge in [-0.1, -0.05) is 0 Å². The topological polar surface area (TPSA) is 29.1 Å². The molecule has 1 N–H and O–H groups in total. The molecule has 1 saturated heterocycles. The monoisotopic (exact) mass is 145 g/mol. The van der Waals surface area contributed by atoms with Crippen molar-refractivity contribution in [1.82, 2.24) is 5.32 Å². The second-order valence-electron chi connectivity index (χ2n) is 2.39. The lowest BCUT2D eigenvalue weighted by atomic mass is 10.3. The Morgan fingerprint density at radius 1 is 1.67 bits per heavy atom. The molecular formula is C6H11NOS. The summed E-state index contributed by atoms with van der Waals surface area (Å²) >= 11 is 1.72. The fourth-order valence-corrected chi connectivity index (χ4v) is 1.65. The van der Waals surface area contributed by atoms with Crippen LogP contribution in [-0.2, 0) is 4.79 Å². The maximum atomic E-state index is 10.9. The van der Waals surface area contributed by atoms with Gasteiger partial charge >= 0.3 is 0 Å². The van der Waals surface area contributed by atoms with E-state index in [-0.39, 0.29) is 11.2 Å². The number of carbonyl (C=O) groups is 1. The van der Waals surface area contributed by atoms with Crippen LogP contribution >= 0.6 is 11.8 Å². The van der Waals surface area contributed by atoms with Gasteiger partial charge in [-0.15, -0.1) is 11.8 Å². The summed E-state index contributed by atoms with van der Waals surface area (Å²) in [4.78, 5) is 10.9. The summed E-state index contributed by atoms with van der Waals surface area (Å²) in [7, 11) is 0. The maximum absolute atomic E-state index is 10.9. The van der Waals surface area contributed by atoms with E-state index >= 15 is 0 Å². The van der Waals surface area contributed by atoms with E-state index in [1.54, 1.807) is 11.8 Å². The average Bonchev–Trinajstić information content (AvgIpc) is 1.80. The van der Waals surface area contributed by atoms with Crippen LogP contribution in [0.15, 0.2) is 0 Å². The minimum Gasteiger partial charge on any atom is -0.352 e. The van der Waals surface area contributed by atoms with Crippen LogP contribution in [0.3, 0.4) is 0 Å². The van der Waals surface area contributed by atoms with Crippen LogP contribution in [0.5, 0.6) is 0 Å². The molecule has 0 spiro atoms. The summed E-state index contributed by atoms with van der Waals surface area (Å²) in [5.74, 6) is 1.23. The third-order valence-corrected chi connectivity index (χ3v) is 2.76. The van der Waals surface area contributed by atoms with Gasteiger partial charge in [0.15, 0.2) is 0 Å². The Bertz CT molecular complexity index is 126. The number of nitrogens with one attached hydrogen (secondary N) is 1. The van der Waals surface area contributed by atoms with E-state index < -0.39 is 0 Å². The number of amides is 1. The molecule has 2 atom stereocenters. The van der Waals surface area contributed by atoms with E-state index in [1.807, 2.05) is 13.8 Å². The van der Waals surface area contributed by atoms with Crippen molar-refractivity contribution in [2.75, 3.05) is 5.75 Å². The number of rotatable bonds is 0. The maximum Gasteiger partial charge on any atom is 0.233 e. The van der Waals surface area contributed by atoms with Crippen molar-refractivity contribution in [2.45, 2.75) is 25.1 Å². The number of hydrogen-bond donors (Lipinski definition) is 1. The highest BCUT2D eigenvalue weighted by molar-refractivity contribution is 8.00. The Labute approximate surface area is 59.4 Å². The van der Waals surface area contributed by atoms with Crippen LogP contribution in [0, 0.1) is 0 Å². The first-order chi connectivity index (χ1) is 4.20. The van der Waals surface area contributed by atoms with E-state index in [9.17, 15) is 4.79 Å². The highest BCUT2D eigenvalue weighted by Crippen LogP contribution is 2.16. The summed E-state index contributed by atoms with van der Waals surface area (Å²) in [5, 5.41) is 3.02. The van der Waals surface area contributed by atoms with Gasteiger partial charge < -0.3 is 5.32 Å². The van der Waals surface area contributed by atoms with E-state index in [0.29, 0.717) is 6.04 Å². The Hall–Kier alpha value is -0.180. The van der Waals surface area contributed by atoms with Crippen molar-refractivity contribution >= 4 is 17.7 Å². The smallest absolute Gasteiger partial charge is 0.233 e. The highest BCUT2D eigenvalue weighted by atomic mass is 32.2. The fraction of sp³-hybridized carbons (Fsp3) is 0.833. The molecule has 0 unspecified atom stereocenters. The van der Waals surface area contributed by atoms with E-state index in [1.165, 1.54) is 0 Å². The first-order valence-corrected chi connectivity index (χ1v) is 4.17. The highest BCUT2D eigenvalue weighted by Gasteiger charge is 2.21. The average molecular weight is 145 g/mol. The molecule has 3 heteroatoms. The van der Waals surface area contributed by atoms with Gasteiger partial charge in [0, 0.05) is 11.8 Å². The van der Waals surface area contributed by atoms with E-state index in [0.717, 1.165) is 5.75 Å². The summed E-state index contributed by atoms with van der Waals surface area (Å²) in [6.07, 6.45) is 0. The lowest BCUT2D eigenvalue weighted by Gasteiger charge is -2.23. The molecule has 9 heavy (non-hydrogen) atoms. The zero-order valence-corrected chi connectivity index (χ0v) is 6.49. The summed E-state index contributed by atoms with van der Waals surface area (Å²) in [6, 6.07) is 0.360. The molecule has 1 heterocycles. The molecule has 0 aliphatic carbocycles. The van der Waals surface area contributed by atoms with Crippen molar-refractivity contribution in [3.8, 4) is 0 Å². The van der Waals surface area contributed by atoms with Gasteiger partial charge in [-0.2, -0.15) is 0 Å². The quantitative estimate of drug-likeness (QED) is 0.541. The molecule has 1 amide bonds. The molecule has 0 radical (unpaired) electrons. The van der Waals surface area contributed by atoms with Gasteiger partial charge in [-0.05, 0) is 13.8 Å². The van der Waals surface area contributed by atoms with Gasteiger partial charge in [0.1, 0.15) is 0 Å². The van der Waals surface area contributed by atoms with Crippen molar-refractivity contribution < 1.29 is 4.79 Å². The molecule has 1 fully saturated rings. The van der Waals surface area contributed by atoms with Crippen LogP contribution in [0.4, 0.5) is 0 Å². The molecule has 2 nitrogen and oxygen atoms in total. The lowest BCUT2D eigenvalue weighted by molar-refractivity contribution is -0.121. The van der Waals surface area contributed by atoms with Gasteiger partial charge in [-0.3, -0.25) is 4.79 Å². The third kappa shape index (κ3) is 1.61. The minimum absolute atomic E-state index is 0.154. The second-order valence-corrected chi connectivity index (χ2v) is 3.76. The fourth-order valence-electron chi connectivity index (χ4n) is 0.766. The normalized spacial score (nSPS) is 36.0. The lowest BCUT2D eigenvalue weighted by Crippen LogP contribution is -2.43. The van der Waals surface area contributed by atoms with Crippen LogP contribution < -0.4 is 5.32 Å². The Morgan fingerprint density at radius 2 is 2.33 bits per heavy atom. The van der Waals surface area contributed by atoms with Gasteiger partial charge in [0.05, 0.1) is 5.25 Å². The molecule has 0 saturated carbocycles.